The number of amides is 1. The lowest BCUT2D eigenvalue weighted by molar-refractivity contribution is 0.0985. The number of thiazole rings is 1. The first-order valence-corrected chi connectivity index (χ1v) is 12.2. The van der Waals surface area contributed by atoms with E-state index in [4.69, 9.17) is 9.72 Å². The van der Waals surface area contributed by atoms with Crippen LogP contribution < -0.4 is 9.64 Å². The Morgan fingerprint density at radius 1 is 1.03 bits per heavy atom. The zero-order valence-electron chi connectivity index (χ0n) is 19.4. The third kappa shape index (κ3) is 5.57. The number of ether oxygens (including phenoxy) is 1. The van der Waals surface area contributed by atoms with Crippen LogP contribution in [-0.2, 0) is 6.54 Å². The Morgan fingerprint density at radius 3 is 2.55 bits per heavy atom. The summed E-state index contributed by atoms with van der Waals surface area (Å²) in [4.78, 5) is 24.5. The molecule has 170 valence electrons. The van der Waals surface area contributed by atoms with E-state index in [1.165, 1.54) is 22.5 Å². The molecule has 0 unspecified atom stereocenters. The Labute approximate surface area is 199 Å². The summed E-state index contributed by atoms with van der Waals surface area (Å²) in [5, 5.41) is 0.672. The number of nitrogens with zero attached hydrogens (tertiary/aromatic N) is 3. The second kappa shape index (κ2) is 10.6. The zero-order valence-corrected chi connectivity index (χ0v) is 20.2. The number of carbonyl (C=O) groups excluding carboxylic acids is 1. The normalized spacial score (nSPS) is 11.0. The molecular weight excluding hydrogens is 430 g/mol. The number of rotatable bonds is 9. The van der Waals surface area contributed by atoms with Crippen LogP contribution in [-0.4, -0.2) is 22.5 Å². The number of carbonyl (C=O) groups is 1. The largest absolute Gasteiger partial charge is 0.494 e. The van der Waals surface area contributed by atoms with E-state index in [1.54, 1.807) is 11.1 Å². The molecule has 0 saturated carbocycles. The van der Waals surface area contributed by atoms with Crippen molar-refractivity contribution < 1.29 is 9.53 Å². The van der Waals surface area contributed by atoms with Crippen LogP contribution in [0.1, 0.15) is 53.4 Å². The minimum Gasteiger partial charge on any atom is -0.494 e. The van der Waals surface area contributed by atoms with E-state index in [1.807, 2.05) is 42.5 Å². The molecule has 4 aromatic rings. The molecule has 6 heteroatoms. The molecule has 0 fully saturated rings. The van der Waals surface area contributed by atoms with Gasteiger partial charge in [-0.3, -0.25) is 14.7 Å². The summed E-state index contributed by atoms with van der Waals surface area (Å²) in [7, 11) is 0. The van der Waals surface area contributed by atoms with Crippen molar-refractivity contribution >= 4 is 32.6 Å². The van der Waals surface area contributed by atoms with E-state index in [-0.39, 0.29) is 5.91 Å². The Hall–Kier alpha value is -3.25. The van der Waals surface area contributed by atoms with E-state index >= 15 is 0 Å². The van der Waals surface area contributed by atoms with Gasteiger partial charge in [0.25, 0.3) is 5.91 Å². The van der Waals surface area contributed by atoms with E-state index in [2.05, 4.69) is 37.9 Å². The highest BCUT2D eigenvalue weighted by Gasteiger charge is 2.22. The van der Waals surface area contributed by atoms with Crippen LogP contribution in [0.4, 0.5) is 5.13 Å². The van der Waals surface area contributed by atoms with Gasteiger partial charge in [0.1, 0.15) is 5.75 Å². The van der Waals surface area contributed by atoms with E-state index in [0.29, 0.717) is 23.8 Å². The molecule has 0 bridgehead atoms. The maximum absolute atomic E-state index is 13.6. The van der Waals surface area contributed by atoms with Gasteiger partial charge in [-0.1, -0.05) is 37.2 Å². The van der Waals surface area contributed by atoms with Gasteiger partial charge in [-0.25, -0.2) is 4.98 Å². The predicted molar refractivity (Wildman–Crippen MR) is 135 cm³/mol. The smallest absolute Gasteiger partial charge is 0.260 e. The summed E-state index contributed by atoms with van der Waals surface area (Å²) >= 11 is 1.53. The Bertz CT molecular complexity index is 1180. The van der Waals surface area contributed by atoms with Gasteiger partial charge < -0.3 is 4.74 Å². The third-order valence-corrected chi connectivity index (χ3v) is 6.67. The van der Waals surface area contributed by atoms with E-state index < -0.39 is 0 Å². The molecule has 0 aliphatic rings. The summed E-state index contributed by atoms with van der Waals surface area (Å²) in [6, 6.07) is 17.3. The number of unbranched alkanes of at least 4 members (excludes halogenated alkanes) is 2. The number of pyridine rings is 1. The van der Waals surface area contributed by atoms with Crippen molar-refractivity contribution in [3.05, 3.63) is 83.2 Å². The van der Waals surface area contributed by atoms with Gasteiger partial charge >= 0.3 is 0 Å². The van der Waals surface area contributed by atoms with Crippen molar-refractivity contribution in [2.24, 2.45) is 0 Å². The molecule has 0 saturated heterocycles. The first-order chi connectivity index (χ1) is 16.0. The number of benzene rings is 2. The standard InChI is InChI=1S/C27H29N3O2S/c1-4-5-8-15-32-23-12-10-21(11-13-23)26(31)30(18-22-9-6-7-14-28-22)27-29-24-16-19(2)20(3)17-25(24)33-27/h6-7,9-14,16-17H,4-5,8,15,18H2,1-3H3. The fraction of sp³-hybridized carbons (Fsp3) is 0.296. The molecule has 0 radical (unpaired) electrons. The second-order valence-electron chi connectivity index (χ2n) is 8.19. The lowest BCUT2D eigenvalue weighted by atomic mass is 10.1. The molecule has 0 aliphatic heterocycles. The average Bonchev–Trinajstić information content (AvgIpc) is 3.23. The average molecular weight is 460 g/mol. The molecule has 0 N–H and O–H groups in total. The van der Waals surface area contributed by atoms with E-state index in [0.717, 1.165) is 40.9 Å². The summed E-state index contributed by atoms with van der Waals surface area (Å²) in [6.07, 6.45) is 5.09. The number of anilines is 1. The molecule has 1 amide bonds. The van der Waals surface area contributed by atoms with Gasteiger partial charge in [-0.2, -0.15) is 0 Å². The molecule has 2 aromatic carbocycles. The highest BCUT2D eigenvalue weighted by atomic mass is 32.1. The van der Waals surface area contributed by atoms with Gasteiger partial charge in [0.2, 0.25) is 0 Å². The highest BCUT2D eigenvalue weighted by Crippen LogP contribution is 2.32. The maximum atomic E-state index is 13.6. The van der Waals surface area contributed by atoms with Crippen molar-refractivity contribution in [3.63, 3.8) is 0 Å². The quantitative estimate of drug-likeness (QED) is 0.261. The Morgan fingerprint density at radius 2 is 1.82 bits per heavy atom. The summed E-state index contributed by atoms with van der Waals surface area (Å²) in [5.74, 6) is 0.676. The molecule has 2 aromatic heterocycles. The molecule has 5 nitrogen and oxygen atoms in total. The number of aryl methyl sites for hydroxylation is 2. The molecule has 33 heavy (non-hydrogen) atoms. The van der Waals surface area contributed by atoms with Crippen molar-refractivity contribution in [2.45, 2.75) is 46.6 Å². The molecule has 0 atom stereocenters. The lowest BCUT2D eigenvalue weighted by Gasteiger charge is -2.20. The predicted octanol–water partition coefficient (Wildman–Crippen LogP) is 6.72. The van der Waals surface area contributed by atoms with Gasteiger partial charge in [0.05, 0.1) is 29.1 Å². The van der Waals surface area contributed by atoms with Crippen LogP contribution >= 0.6 is 11.3 Å². The van der Waals surface area contributed by atoms with Crippen molar-refractivity contribution in [1.82, 2.24) is 9.97 Å². The van der Waals surface area contributed by atoms with Gasteiger partial charge in [-0.15, -0.1) is 0 Å². The molecule has 2 heterocycles. The maximum Gasteiger partial charge on any atom is 0.260 e. The van der Waals surface area contributed by atoms with Gasteiger partial charge in [-0.05, 0) is 79.9 Å². The molecule has 0 spiro atoms. The van der Waals surface area contributed by atoms with Crippen LogP contribution in [0.5, 0.6) is 5.75 Å². The minimum atomic E-state index is -0.106. The first-order valence-electron chi connectivity index (χ1n) is 11.4. The van der Waals surface area contributed by atoms with Crippen LogP contribution in [0.15, 0.2) is 60.8 Å². The highest BCUT2D eigenvalue weighted by molar-refractivity contribution is 7.22. The molecular formula is C27H29N3O2S. The van der Waals surface area contributed by atoms with E-state index in [9.17, 15) is 4.79 Å². The Balaban J connectivity index is 1.61. The van der Waals surface area contributed by atoms with Crippen LogP contribution in [0.25, 0.3) is 10.2 Å². The van der Waals surface area contributed by atoms with Gasteiger partial charge in [0, 0.05) is 11.8 Å². The van der Waals surface area contributed by atoms with Crippen molar-refractivity contribution in [1.29, 1.82) is 0 Å². The monoisotopic (exact) mass is 459 g/mol. The number of hydrogen-bond donors (Lipinski definition) is 0. The summed E-state index contributed by atoms with van der Waals surface area (Å²) < 4.78 is 6.87. The minimum absolute atomic E-state index is 0.106. The zero-order chi connectivity index (χ0) is 23.2. The lowest BCUT2D eigenvalue weighted by Crippen LogP contribution is -2.30. The van der Waals surface area contributed by atoms with Crippen molar-refractivity contribution in [2.75, 3.05) is 11.5 Å². The number of hydrogen-bond acceptors (Lipinski definition) is 5. The Kier molecular flexibility index (Phi) is 7.35. The van der Waals surface area contributed by atoms with Crippen LogP contribution in [0.2, 0.25) is 0 Å². The summed E-state index contributed by atoms with van der Waals surface area (Å²) in [5.41, 5.74) is 4.73. The van der Waals surface area contributed by atoms with Gasteiger partial charge in [0.15, 0.2) is 5.13 Å². The fourth-order valence-electron chi connectivity index (χ4n) is 3.55. The topological polar surface area (TPSA) is 55.3 Å². The van der Waals surface area contributed by atoms with Crippen LogP contribution in [0.3, 0.4) is 0 Å². The van der Waals surface area contributed by atoms with Crippen LogP contribution in [0, 0.1) is 13.8 Å². The molecule has 0 aliphatic carbocycles. The number of fused-ring (bicyclic) bond motifs is 1. The number of aromatic nitrogens is 2. The second-order valence-corrected chi connectivity index (χ2v) is 9.20. The third-order valence-electron chi connectivity index (χ3n) is 5.63. The summed E-state index contributed by atoms with van der Waals surface area (Å²) in [6.45, 7) is 7.39. The molecule has 4 rings (SSSR count). The van der Waals surface area contributed by atoms with Crippen molar-refractivity contribution in [3.8, 4) is 5.75 Å². The SMILES string of the molecule is CCCCCOc1ccc(C(=O)N(Cc2ccccn2)c2nc3cc(C)c(C)cc3s2)cc1. The first kappa shape index (κ1) is 22.9. The fourth-order valence-corrected chi connectivity index (χ4v) is 4.60.